The quantitative estimate of drug-likeness (QED) is 0.887. The summed E-state index contributed by atoms with van der Waals surface area (Å²) in [6, 6.07) is 0.626. The highest BCUT2D eigenvalue weighted by molar-refractivity contribution is 9.10. The Morgan fingerprint density at radius 2 is 2.12 bits per heavy atom. The van der Waals surface area contributed by atoms with Crippen molar-refractivity contribution in [1.82, 2.24) is 10.3 Å². The van der Waals surface area contributed by atoms with Crippen molar-refractivity contribution in [2.45, 2.75) is 19.9 Å². The van der Waals surface area contributed by atoms with Crippen LogP contribution in [-0.4, -0.2) is 28.0 Å². The number of hydrogen-bond acceptors (Lipinski definition) is 3. The number of aromatic nitrogens is 1. The SMILES string of the molecule is CC(C)[C@H](NC(=O)c1ccncc1Br)C(=O)O. The maximum atomic E-state index is 11.9. The average molecular weight is 301 g/mol. The van der Waals surface area contributed by atoms with Crippen LogP contribution in [0.1, 0.15) is 24.2 Å². The lowest BCUT2D eigenvalue weighted by Gasteiger charge is -2.18. The molecule has 0 aliphatic carbocycles. The van der Waals surface area contributed by atoms with E-state index in [-0.39, 0.29) is 5.92 Å². The van der Waals surface area contributed by atoms with E-state index in [0.717, 1.165) is 0 Å². The highest BCUT2D eigenvalue weighted by Crippen LogP contribution is 2.14. The standard InChI is InChI=1S/C11H13BrN2O3/c1-6(2)9(11(16)17)14-10(15)7-3-4-13-5-8(7)12/h3-6,9H,1-2H3,(H,14,15)(H,16,17)/t9-/m0/s1. The van der Waals surface area contributed by atoms with Crippen LogP contribution in [0.15, 0.2) is 22.9 Å². The van der Waals surface area contributed by atoms with Gasteiger partial charge in [-0.2, -0.15) is 0 Å². The predicted molar refractivity (Wildman–Crippen MR) is 65.7 cm³/mol. The molecule has 17 heavy (non-hydrogen) atoms. The zero-order valence-corrected chi connectivity index (χ0v) is 11.1. The van der Waals surface area contributed by atoms with Gasteiger partial charge >= 0.3 is 5.97 Å². The van der Waals surface area contributed by atoms with Crippen LogP contribution in [-0.2, 0) is 4.79 Å². The van der Waals surface area contributed by atoms with Gasteiger partial charge in [-0.3, -0.25) is 9.78 Å². The van der Waals surface area contributed by atoms with Gasteiger partial charge in [-0.15, -0.1) is 0 Å². The summed E-state index contributed by atoms with van der Waals surface area (Å²) in [5.74, 6) is -1.66. The lowest BCUT2D eigenvalue weighted by atomic mass is 10.0. The predicted octanol–water partition coefficient (Wildman–Crippen LogP) is 1.68. The van der Waals surface area contributed by atoms with Gasteiger partial charge in [-0.25, -0.2) is 4.79 Å². The van der Waals surface area contributed by atoms with Crippen molar-refractivity contribution in [2.75, 3.05) is 0 Å². The second kappa shape index (κ2) is 5.77. The van der Waals surface area contributed by atoms with Crippen LogP contribution in [0, 0.1) is 5.92 Å². The van der Waals surface area contributed by atoms with Crippen LogP contribution < -0.4 is 5.32 Å². The van der Waals surface area contributed by atoms with Crippen LogP contribution in [0.5, 0.6) is 0 Å². The van der Waals surface area contributed by atoms with Crippen molar-refractivity contribution in [3.63, 3.8) is 0 Å². The first-order valence-electron chi connectivity index (χ1n) is 5.06. The molecule has 1 amide bonds. The van der Waals surface area contributed by atoms with Gasteiger partial charge in [-0.05, 0) is 27.9 Å². The molecule has 0 unspecified atom stereocenters. The molecule has 1 rings (SSSR count). The summed E-state index contributed by atoms with van der Waals surface area (Å²) in [5, 5.41) is 11.4. The average Bonchev–Trinajstić information content (AvgIpc) is 2.25. The fourth-order valence-corrected chi connectivity index (χ4v) is 1.72. The molecule has 6 heteroatoms. The maximum Gasteiger partial charge on any atom is 0.326 e. The van der Waals surface area contributed by atoms with Crippen molar-refractivity contribution < 1.29 is 14.7 Å². The molecule has 0 aliphatic heterocycles. The van der Waals surface area contributed by atoms with Gasteiger partial charge in [0.05, 0.1) is 5.56 Å². The Morgan fingerprint density at radius 3 is 2.59 bits per heavy atom. The minimum atomic E-state index is -1.04. The number of halogens is 1. The van der Waals surface area contributed by atoms with Gasteiger partial charge in [0.25, 0.3) is 5.91 Å². The van der Waals surface area contributed by atoms with Crippen molar-refractivity contribution >= 4 is 27.8 Å². The number of nitrogens with one attached hydrogen (secondary N) is 1. The maximum absolute atomic E-state index is 11.9. The third-order valence-electron chi connectivity index (χ3n) is 2.24. The van der Waals surface area contributed by atoms with Crippen LogP contribution >= 0.6 is 15.9 Å². The van der Waals surface area contributed by atoms with Gasteiger partial charge in [0.2, 0.25) is 0 Å². The Kier molecular flexibility index (Phi) is 4.62. The largest absolute Gasteiger partial charge is 0.480 e. The fourth-order valence-electron chi connectivity index (χ4n) is 1.29. The van der Waals surface area contributed by atoms with E-state index in [9.17, 15) is 9.59 Å². The van der Waals surface area contributed by atoms with Gasteiger partial charge in [-0.1, -0.05) is 13.8 Å². The fraction of sp³-hybridized carbons (Fsp3) is 0.364. The highest BCUT2D eigenvalue weighted by Gasteiger charge is 2.24. The second-order valence-electron chi connectivity index (χ2n) is 3.89. The molecule has 0 radical (unpaired) electrons. The first-order valence-corrected chi connectivity index (χ1v) is 5.86. The normalized spacial score (nSPS) is 12.2. The molecule has 1 heterocycles. The third-order valence-corrected chi connectivity index (χ3v) is 2.87. The highest BCUT2D eigenvalue weighted by atomic mass is 79.9. The zero-order chi connectivity index (χ0) is 13.0. The Bertz CT molecular complexity index is 434. The van der Waals surface area contributed by atoms with Crippen LogP contribution in [0.25, 0.3) is 0 Å². The van der Waals surface area contributed by atoms with Crippen LogP contribution in [0.4, 0.5) is 0 Å². The Morgan fingerprint density at radius 1 is 1.47 bits per heavy atom. The number of rotatable bonds is 4. The van der Waals surface area contributed by atoms with Crippen molar-refractivity contribution in [3.05, 3.63) is 28.5 Å². The molecule has 92 valence electrons. The Hall–Kier alpha value is -1.43. The summed E-state index contributed by atoms with van der Waals surface area (Å²) < 4.78 is 0.533. The molecule has 0 bridgehead atoms. The topological polar surface area (TPSA) is 79.3 Å². The molecule has 0 saturated heterocycles. The number of aliphatic carboxylic acids is 1. The summed E-state index contributed by atoms with van der Waals surface area (Å²) in [6.45, 7) is 3.47. The van der Waals surface area contributed by atoms with E-state index >= 15 is 0 Å². The number of hydrogen-bond donors (Lipinski definition) is 2. The molecule has 1 atom stereocenters. The molecule has 5 nitrogen and oxygen atoms in total. The molecule has 1 aromatic rings. The van der Waals surface area contributed by atoms with Crippen LogP contribution in [0.2, 0.25) is 0 Å². The number of pyridine rings is 1. The molecule has 1 aromatic heterocycles. The molecular formula is C11H13BrN2O3. The summed E-state index contributed by atoms with van der Waals surface area (Å²) in [6.07, 6.45) is 2.96. The molecule has 0 aromatic carbocycles. The summed E-state index contributed by atoms with van der Waals surface area (Å²) >= 11 is 3.19. The van der Waals surface area contributed by atoms with E-state index in [4.69, 9.17) is 5.11 Å². The van der Waals surface area contributed by atoms with E-state index in [1.54, 1.807) is 13.8 Å². The number of carboxylic acid groups (broad SMARTS) is 1. The number of carboxylic acids is 1. The monoisotopic (exact) mass is 300 g/mol. The van der Waals surface area contributed by atoms with Gasteiger partial charge < -0.3 is 10.4 Å². The van der Waals surface area contributed by atoms with Crippen molar-refractivity contribution in [1.29, 1.82) is 0 Å². The number of carbonyl (C=O) groups is 2. The van der Waals surface area contributed by atoms with E-state index in [1.807, 2.05) is 0 Å². The van der Waals surface area contributed by atoms with Gasteiger partial charge in [0.15, 0.2) is 0 Å². The number of carbonyl (C=O) groups excluding carboxylic acids is 1. The molecular weight excluding hydrogens is 288 g/mol. The zero-order valence-electron chi connectivity index (χ0n) is 9.48. The Balaban J connectivity index is 2.85. The molecule has 0 spiro atoms. The molecule has 0 saturated carbocycles. The Labute approximate surface area is 107 Å². The van der Waals surface area contributed by atoms with E-state index in [0.29, 0.717) is 10.0 Å². The van der Waals surface area contributed by atoms with Gasteiger partial charge in [0, 0.05) is 16.9 Å². The minimum absolute atomic E-state index is 0.183. The lowest BCUT2D eigenvalue weighted by Crippen LogP contribution is -2.44. The minimum Gasteiger partial charge on any atom is -0.480 e. The summed E-state index contributed by atoms with van der Waals surface area (Å²) in [4.78, 5) is 26.6. The lowest BCUT2D eigenvalue weighted by molar-refractivity contribution is -0.140. The molecule has 2 N–H and O–H groups in total. The van der Waals surface area contributed by atoms with E-state index < -0.39 is 17.9 Å². The second-order valence-corrected chi connectivity index (χ2v) is 4.74. The smallest absolute Gasteiger partial charge is 0.326 e. The number of nitrogens with zero attached hydrogens (tertiary/aromatic N) is 1. The first kappa shape index (κ1) is 13.6. The molecule has 0 fully saturated rings. The molecule has 0 aliphatic rings. The van der Waals surface area contributed by atoms with Crippen LogP contribution in [0.3, 0.4) is 0 Å². The number of amides is 1. The first-order chi connectivity index (χ1) is 7.93. The summed E-state index contributed by atoms with van der Waals surface area (Å²) in [5.41, 5.74) is 0.368. The third kappa shape index (κ3) is 3.52. The summed E-state index contributed by atoms with van der Waals surface area (Å²) in [7, 11) is 0. The van der Waals surface area contributed by atoms with Crippen molar-refractivity contribution in [2.24, 2.45) is 5.92 Å². The van der Waals surface area contributed by atoms with E-state index in [2.05, 4.69) is 26.2 Å². The van der Waals surface area contributed by atoms with Crippen molar-refractivity contribution in [3.8, 4) is 0 Å². The van der Waals surface area contributed by atoms with E-state index in [1.165, 1.54) is 18.5 Å². The van der Waals surface area contributed by atoms with Gasteiger partial charge in [0.1, 0.15) is 6.04 Å².